The minimum Gasteiger partial charge on any atom is -0.507 e. The summed E-state index contributed by atoms with van der Waals surface area (Å²) in [6, 6.07) is 4.56. The maximum absolute atomic E-state index is 11.4. The molecule has 5 heteroatoms. The molecule has 1 aromatic carbocycles. The lowest BCUT2D eigenvalue weighted by atomic mass is 10.0. The molecule has 1 heterocycles. The van der Waals surface area contributed by atoms with Crippen LogP contribution < -0.4 is 4.74 Å². The van der Waals surface area contributed by atoms with Gasteiger partial charge in [-0.3, -0.25) is 0 Å². The predicted octanol–water partition coefficient (Wildman–Crippen LogP) is 1.26. The largest absolute Gasteiger partial charge is 0.507 e. The fourth-order valence-electron chi connectivity index (χ4n) is 1.61. The molecule has 2 rings (SSSR count). The molecule has 0 aromatic heterocycles. The Morgan fingerprint density at radius 3 is 3.00 bits per heavy atom. The van der Waals surface area contributed by atoms with Gasteiger partial charge in [0.15, 0.2) is 0 Å². The molecule has 0 bridgehead atoms. The van der Waals surface area contributed by atoms with E-state index in [0.29, 0.717) is 0 Å². The summed E-state index contributed by atoms with van der Waals surface area (Å²) in [7, 11) is 0. The van der Waals surface area contributed by atoms with E-state index in [4.69, 9.17) is 9.47 Å². The Morgan fingerprint density at radius 2 is 2.29 bits per heavy atom. The lowest BCUT2D eigenvalue weighted by molar-refractivity contribution is -0.141. The number of carbonyl (C=O) groups is 1. The Balaban J connectivity index is 2.33. The minimum atomic E-state index is -1.08. The zero-order chi connectivity index (χ0) is 12.4. The zero-order valence-electron chi connectivity index (χ0n) is 9.21. The molecular formula is C12H12O5. The first-order valence-corrected chi connectivity index (χ1v) is 5.20. The third-order valence-electron chi connectivity index (χ3n) is 2.34. The molecule has 5 nitrogen and oxygen atoms in total. The third-order valence-corrected chi connectivity index (χ3v) is 2.34. The molecule has 1 aromatic rings. The Labute approximate surface area is 97.9 Å². The van der Waals surface area contributed by atoms with Crippen LogP contribution in [-0.2, 0) is 9.53 Å². The summed E-state index contributed by atoms with van der Waals surface area (Å²) in [5.41, 5.74) is 0.251. The standard InChI is InChI=1S/C12H12O5/c1-2-16-12(15)10-6-8(14)11-7(13)4-3-5-9(11)17-10/h3-6,8,13-14H,2H2,1H3. The highest BCUT2D eigenvalue weighted by atomic mass is 16.6. The van der Waals surface area contributed by atoms with Crippen molar-refractivity contribution in [1.29, 1.82) is 0 Å². The molecule has 1 aliphatic rings. The molecule has 2 N–H and O–H groups in total. The highest BCUT2D eigenvalue weighted by Gasteiger charge is 2.27. The molecule has 0 fully saturated rings. The van der Waals surface area contributed by atoms with E-state index < -0.39 is 12.1 Å². The summed E-state index contributed by atoms with van der Waals surface area (Å²) in [5, 5.41) is 19.4. The van der Waals surface area contributed by atoms with Gasteiger partial charge in [0.05, 0.1) is 12.2 Å². The fraction of sp³-hybridized carbons (Fsp3) is 0.250. The summed E-state index contributed by atoms with van der Waals surface area (Å²) in [6.45, 7) is 1.90. The number of aliphatic hydroxyl groups is 1. The molecule has 1 atom stereocenters. The van der Waals surface area contributed by atoms with Crippen LogP contribution in [0.25, 0.3) is 0 Å². The first-order valence-electron chi connectivity index (χ1n) is 5.20. The summed E-state index contributed by atoms with van der Waals surface area (Å²) >= 11 is 0. The second-order valence-corrected chi connectivity index (χ2v) is 3.49. The molecular weight excluding hydrogens is 224 g/mol. The van der Waals surface area contributed by atoms with Crippen molar-refractivity contribution in [2.45, 2.75) is 13.0 Å². The van der Waals surface area contributed by atoms with Crippen molar-refractivity contribution in [2.75, 3.05) is 6.61 Å². The fourth-order valence-corrected chi connectivity index (χ4v) is 1.61. The van der Waals surface area contributed by atoms with Crippen molar-refractivity contribution in [3.05, 3.63) is 35.6 Å². The molecule has 0 radical (unpaired) electrons. The number of hydrogen-bond acceptors (Lipinski definition) is 5. The number of esters is 1. The van der Waals surface area contributed by atoms with Crippen molar-refractivity contribution < 1.29 is 24.5 Å². The van der Waals surface area contributed by atoms with Crippen LogP contribution in [0.2, 0.25) is 0 Å². The maximum Gasteiger partial charge on any atom is 0.374 e. The number of benzene rings is 1. The van der Waals surface area contributed by atoms with E-state index in [1.165, 1.54) is 12.1 Å². The Morgan fingerprint density at radius 1 is 1.53 bits per heavy atom. The van der Waals surface area contributed by atoms with E-state index >= 15 is 0 Å². The average molecular weight is 236 g/mol. The lowest BCUT2D eigenvalue weighted by Crippen LogP contribution is -2.18. The molecule has 17 heavy (non-hydrogen) atoms. The molecule has 1 aliphatic heterocycles. The van der Waals surface area contributed by atoms with Crippen molar-refractivity contribution in [1.82, 2.24) is 0 Å². The van der Waals surface area contributed by atoms with E-state index in [0.717, 1.165) is 0 Å². The second-order valence-electron chi connectivity index (χ2n) is 3.49. The smallest absolute Gasteiger partial charge is 0.374 e. The van der Waals surface area contributed by atoms with Crippen molar-refractivity contribution >= 4 is 5.97 Å². The van der Waals surface area contributed by atoms with Gasteiger partial charge in [0.2, 0.25) is 5.76 Å². The molecule has 90 valence electrons. The molecule has 0 aliphatic carbocycles. The predicted molar refractivity (Wildman–Crippen MR) is 58.4 cm³/mol. The molecule has 0 saturated carbocycles. The minimum absolute atomic E-state index is 0.0718. The van der Waals surface area contributed by atoms with E-state index in [1.54, 1.807) is 19.1 Å². The van der Waals surface area contributed by atoms with Crippen LogP contribution in [0, 0.1) is 0 Å². The number of aliphatic hydroxyl groups excluding tert-OH is 1. The molecule has 0 amide bonds. The van der Waals surface area contributed by atoms with Gasteiger partial charge in [0, 0.05) is 0 Å². The van der Waals surface area contributed by atoms with Gasteiger partial charge in [-0.15, -0.1) is 0 Å². The Kier molecular flexibility index (Phi) is 3.01. The molecule has 1 unspecified atom stereocenters. The maximum atomic E-state index is 11.4. The zero-order valence-corrected chi connectivity index (χ0v) is 9.21. The topological polar surface area (TPSA) is 76.0 Å². The van der Waals surface area contributed by atoms with Gasteiger partial charge in [-0.1, -0.05) is 6.07 Å². The summed E-state index contributed by atoms with van der Waals surface area (Å²) < 4.78 is 10.0. The molecule has 0 spiro atoms. The van der Waals surface area contributed by atoms with Crippen LogP contribution in [0.1, 0.15) is 18.6 Å². The number of aromatic hydroxyl groups is 1. The first-order chi connectivity index (χ1) is 8.13. The van der Waals surface area contributed by atoms with Gasteiger partial charge in [0.1, 0.15) is 17.6 Å². The summed E-state index contributed by atoms with van der Waals surface area (Å²) in [4.78, 5) is 11.4. The van der Waals surface area contributed by atoms with Crippen LogP contribution >= 0.6 is 0 Å². The number of carbonyl (C=O) groups excluding carboxylic acids is 1. The molecule has 0 saturated heterocycles. The van der Waals surface area contributed by atoms with Crippen molar-refractivity contribution in [2.24, 2.45) is 0 Å². The van der Waals surface area contributed by atoms with E-state index in [1.807, 2.05) is 0 Å². The number of hydrogen-bond donors (Lipinski definition) is 2. The third kappa shape index (κ3) is 2.09. The van der Waals surface area contributed by atoms with E-state index in [9.17, 15) is 15.0 Å². The van der Waals surface area contributed by atoms with Crippen LogP contribution in [0.4, 0.5) is 0 Å². The summed E-state index contributed by atoms with van der Waals surface area (Å²) in [6.07, 6.45) is 0.124. The van der Waals surface area contributed by atoms with Crippen LogP contribution in [0.5, 0.6) is 11.5 Å². The van der Waals surface area contributed by atoms with Crippen LogP contribution in [0.15, 0.2) is 30.0 Å². The average Bonchev–Trinajstić information content (AvgIpc) is 2.29. The normalized spacial score (nSPS) is 17.8. The number of phenolic OH excluding ortho intramolecular Hbond substituents is 1. The Hall–Kier alpha value is -2.01. The van der Waals surface area contributed by atoms with Gasteiger partial charge in [-0.05, 0) is 25.1 Å². The number of ether oxygens (including phenoxy) is 2. The summed E-state index contributed by atoms with van der Waals surface area (Å²) in [5.74, 6) is -0.532. The monoisotopic (exact) mass is 236 g/mol. The Bertz CT molecular complexity index is 478. The number of phenols is 1. The van der Waals surface area contributed by atoms with Gasteiger partial charge >= 0.3 is 5.97 Å². The van der Waals surface area contributed by atoms with Gasteiger partial charge < -0.3 is 19.7 Å². The van der Waals surface area contributed by atoms with Gasteiger partial charge in [-0.2, -0.15) is 0 Å². The van der Waals surface area contributed by atoms with Crippen molar-refractivity contribution in [3.63, 3.8) is 0 Å². The van der Waals surface area contributed by atoms with Gasteiger partial charge in [0.25, 0.3) is 0 Å². The van der Waals surface area contributed by atoms with Crippen LogP contribution in [-0.4, -0.2) is 22.8 Å². The lowest BCUT2D eigenvalue weighted by Gasteiger charge is -2.21. The number of rotatable bonds is 2. The highest BCUT2D eigenvalue weighted by molar-refractivity contribution is 5.87. The highest BCUT2D eigenvalue weighted by Crippen LogP contribution is 2.38. The second kappa shape index (κ2) is 4.47. The van der Waals surface area contributed by atoms with Crippen LogP contribution in [0.3, 0.4) is 0 Å². The van der Waals surface area contributed by atoms with Gasteiger partial charge in [-0.25, -0.2) is 4.79 Å². The quantitative estimate of drug-likeness (QED) is 0.756. The SMILES string of the molecule is CCOC(=O)C1=CC(O)c2c(O)cccc2O1. The van der Waals surface area contributed by atoms with E-state index in [2.05, 4.69) is 0 Å². The first kappa shape index (κ1) is 11.5. The number of fused-ring (bicyclic) bond motifs is 1. The van der Waals surface area contributed by atoms with Crippen molar-refractivity contribution in [3.8, 4) is 11.5 Å². The van der Waals surface area contributed by atoms with E-state index in [-0.39, 0.29) is 29.4 Å².